The van der Waals surface area contributed by atoms with Crippen molar-refractivity contribution in [3.8, 4) is 0 Å². The van der Waals surface area contributed by atoms with Crippen LogP contribution in [0.2, 0.25) is 0 Å². The molecule has 98 valence electrons. The van der Waals surface area contributed by atoms with Crippen molar-refractivity contribution in [3.63, 3.8) is 0 Å². The van der Waals surface area contributed by atoms with Crippen molar-refractivity contribution < 1.29 is 17.6 Å². The molecule has 2 aromatic rings. The van der Waals surface area contributed by atoms with E-state index in [0.717, 1.165) is 12.1 Å². The molecule has 0 spiro atoms. The molecule has 1 nitrogen and oxygen atoms in total. The highest BCUT2D eigenvalue weighted by Gasteiger charge is 2.26. The molecule has 1 atom stereocenters. The lowest BCUT2D eigenvalue weighted by Crippen LogP contribution is -2.07. The Balaban J connectivity index is 1.97. The van der Waals surface area contributed by atoms with Crippen LogP contribution in [-0.4, -0.2) is 0 Å². The van der Waals surface area contributed by atoms with Crippen molar-refractivity contribution >= 4 is 5.69 Å². The molecular weight excluding hydrogens is 258 g/mol. The Morgan fingerprint density at radius 2 is 1.63 bits per heavy atom. The molecule has 0 fully saturated rings. The van der Waals surface area contributed by atoms with Gasteiger partial charge >= 0.3 is 0 Å². The Morgan fingerprint density at radius 1 is 0.947 bits per heavy atom. The number of hydrogen-bond acceptors (Lipinski definition) is 1. The molecule has 1 heterocycles. The van der Waals surface area contributed by atoms with Gasteiger partial charge in [-0.2, -0.15) is 0 Å². The van der Waals surface area contributed by atoms with E-state index in [1.807, 2.05) is 0 Å². The molecule has 0 aromatic heterocycles. The third-order valence-corrected chi connectivity index (χ3v) is 3.27. The Bertz CT molecular complexity index is 631. The van der Waals surface area contributed by atoms with Gasteiger partial charge in [-0.1, -0.05) is 6.07 Å². The molecule has 0 aliphatic carbocycles. The van der Waals surface area contributed by atoms with Crippen LogP contribution in [0, 0.1) is 23.3 Å². The van der Waals surface area contributed by atoms with Crippen LogP contribution in [0.5, 0.6) is 0 Å². The van der Waals surface area contributed by atoms with Crippen LogP contribution in [0.25, 0.3) is 0 Å². The second-order valence-corrected chi connectivity index (χ2v) is 4.47. The number of benzene rings is 2. The lowest BCUT2D eigenvalue weighted by Gasteiger charge is -2.12. The van der Waals surface area contributed by atoms with Crippen LogP contribution in [0.15, 0.2) is 30.3 Å². The highest BCUT2D eigenvalue weighted by atomic mass is 19.2. The van der Waals surface area contributed by atoms with E-state index in [9.17, 15) is 17.6 Å². The summed E-state index contributed by atoms with van der Waals surface area (Å²) in [6, 6.07) is 5.97. The third kappa shape index (κ3) is 1.95. The average Bonchev–Trinajstić information content (AvgIpc) is 2.81. The smallest absolute Gasteiger partial charge is 0.194 e. The molecule has 0 saturated heterocycles. The van der Waals surface area contributed by atoms with E-state index in [1.54, 1.807) is 12.1 Å². The first-order chi connectivity index (χ1) is 9.06. The molecule has 5 heteroatoms. The summed E-state index contributed by atoms with van der Waals surface area (Å²) in [6.07, 6.45) is 0.270. The van der Waals surface area contributed by atoms with Crippen LogP contribution in [-0.2, 0) is 6.42 Å². The van der Waals surface area contributed by atoms with Gasteiger partial charge in [-0.05, 0) is 29.8 Å². The van der Waals surface area contributed by atoms with E-state index in [4.69, 9.17) is 0 Å². The number of halogens is 4. The van der Waals surface area contributed by atoms with E-state index < -0.39 is 23.5 Å². The predicted molar refractivity (Wildman–Crippen MR) is 62.8 cm³/mol. The van der Waals surface area contributed by atoms with Crippen LogP contribution in [0.4, 0.5) is 23.2 Å². The first-order valence-electron chi connectivity index (χ1n) is 5.74. The number of anilines is 1. The molecule has 0 bridgehead atoms. The minimum Gasteiger partial charge on any atom is -0.378 e. The summed E-state index contributed by atoms with van der Waals surface area (Å²) in [6.45, 7) is 0. The molecule has 0 saturated carbocycles. The minimum absolute atomic E-state index is 0.256. The van der Waals surface area contributed by atoms with Crippen LogP contribution < -0.4 is 5.32 Å². The van der Waals surface area contributed by atoms with Crippen molar-refractivity contribution in [2.24, 2.45) is 0 Å². The first kappa shape index (κ1) is 12.0. The Hall–Kier alpha value is -2.04. The molecule has 1 N–H and O–H groups in total. The van der Waals surface area contributed by atoms with Gasteiger partial charge in [-0.3, -0.25) is 0 Å². The summed E-state index contributed by atoms with van der Waals surface area (Å²) < 4.78 is 52.8. The molecule has 1 unspecified atom stereocenters. The fourth-order valence-electron chi connectivity index (χ4n) is 2.32. The van der Waals surface area contributed by atoms with Crippen molar-refractivity contribution in [1.82, 2.24) is 0 Å². The maximum atomic E-state index is 13.6. The fraction of sp³-hybridized carbons (Fsp3) is 0.143. The molecular formula is C14H9F4N. The van der Waals surface area contributed by atoms with Crippen molar-refractivity contribution in [2.45, 2.75) is 12.5 Å². The molecule has 2 aromatic carbocycles. The molecule has 1 aliphatic heterocycles. The molecule has 3 rings (SSSR count). The quantitative estimate of drug-likeness (QED) is 0.609. The molecule has 1 aliphatic rings. The van der Waals surface area contributed by atoms with Crippen LogP contribution in [0.1, 0.15) is 17.2 Å². The maximum Gasteiger partial charge on any atom is 0.194 e. The average molecular weight is 267 g/mol. The van der Waals surface area contributed by atoms with Gasteiger partial charge in [0.05, 0.1) is 6.04 Å². The molecule has 19 heavy (non-hydrogen) atoms. The van der Waals surface area contributed by atoms with Gasteiger partial charge in [-0.15, -0.1) is 0 Å². The largest absolute Gasteiger partial charge is 0.378 e. The van der Waals surface area contributed by atoms with E-state index in [-0.39, 0.29) is 17.8 Å². The molecule has 0 radical (unpaired) electrons. The monoisotopic (exact) mass is 267 g/mol. The summed E-state index contributed by atoms with van der Waals surface area (Å²) in [7, 11) is 0. The molecule has 0 amide bonds. The van der Waals surface area contributed by atoms with E-state index >= 15 is 0 Å². The van der Waals surface area contributed by atoms with Crippen LogP contribution >= 0.6 is 0 Å². The number of fused-ring (bicyclic) bond motifs is 1. The van der Waals surface area contributed by atoms with Gasteiger partial charge in [-0.25, -0.2) is 17.6 Å². The topological polar surface area (TPSA) is 12.0 Å². The standard InChI is InChI=1S/C14H9F4N/c15-9-2-1-3-12-8(9)6-13(19-12)7-4-10(16)14(18)11(17)5-7/h1-5,13,19H,6H2. The zero-order valence-corrected chi connectivity index (χ0v) is 9.68. The normalized spacial score (nSPS) is 17.2. The van der Waals surface area contributed by atoms with Gasteiger partial charge in [0.15, 0.2) is 17.5 Å². The second-order valence-electron chi connectivity index (χ2n) is 4.47. The predicted octanol–water partition coefficient (Wildman–Crippen LogP) is 3.95. The summed E-state index contributed by atoms with van der Waals surface area (Å²) in [5, 5.41) is 2.97. The van der Waals surface area contributed by atoms with Gasteiger partial charge in [0.2, 0.25) is 0 Å². The van der Waals surface area contributed by atoms with Crippen molar-refractivity contribution in [3.05, 3.63) is 64.7 Å². The van der Waals surface area contributed by atoms with Crippen LogP contribution in [0.3, 0.4) is 0 Å². The van der Waals surface area contributed by atoms with Gasteiger partial charge in [0.25, 0.3) is 0 Å². The van der Waals surface area contributed by atoms with Crippen molar-refractivity contribution in [1.29, 1.82) is 0 Å². The third-order valence-electron chi connectivity index (χ3n) is 3.27. The SMILES string of the molecule is Fc1cc(C2Cc3c(F)cccc3N2)cc(F)c1F. The van der Waals surface area contributed by atoms with Crippen molar-refractivity contribution in [2.75, 3.05) is 5.32 Å². The zero-order chi connectivity index (χ0) is 13.6. The van der Waals surface area contributed by atoms with Gasteiger partial charge < -0.3 is 5.32 Å². The number of hydrogen-bond donors (Lipinski definition) is 1. The lowest BCUT2D eigenvalue weighted by molar-refractivity contribution is 0.444. The first-order valence-corrected chi connectivity index (χ1v) is 5.74. The fourth-order valence-corrected chi connectivity index (χ4v) is 2.32. The lowest BCUT2D eigenvalue weighted by atomic mass is 10.0. The number of rotatable bonds is 1. The Morgan fingerprint density at radius 3 is 2.26 bits per heavy atom. The summed E-state index contributed by atoms with van der Waals surface area (Å²) in [5.74, 6) is -4.34. The highest BCUT2D eigenvalue weighted by molar-refractivity contribution is 5.58. The number of nitrogens with one attached hydrogen (secondary N) is 1. The summed E-state index contributed by atoms with van der Waals surface area (Å²) >= 11 is 0. The van der Waals surface area contributed by atoms with E-state index in [1.165, 1.54) is 6.07 Å². The van der Waals surface area contributed by atoms with E-state index in [2.05, 4.69) is 5.32 Å². The summed E-state index contributed by atoms with van der Waals surface area (Å²) in [4.78, 5) is 0. The minimum atomic E-state index is -1.49. The maximum absolute atomic E-state index is 13.6. The second kappa shape index (κ2) is 4.26. The zero-order valence-electron chi connectivity index (χ0n) is 9.68. The summed E-state index contributed by atoms with van der Waals surface area (Å²) in [5.41, 5.74) is 1.32. The Kier molecular flexibility index (Phi) is 2.69. The van der Waals surface area contributed by atoms with Gasteiger partial charge in [0.1, 0.15) is 5.82 Å². The van der Waals surface area contributed by atoms with E-state index in [0.29, 0.717) is 11.3 Å². The Labute approximate surface area is 106 Å². The highest BCUT2D eigenvalue weighted by Crippen LogP contribution is 2.36. The van der Waals surface area contributed by atoms with Gasteiger partial charge in [0, 0.05) is 17.7 Å².